The van der Waals surface area contributed by atoms with Gasteiger partial charge in [-0.15, -0.1) is 6.58 Å². The van der Waals surface area contributed by atoms with Gasteiger partial charge in [0.05, 0.1) is 13.2 Å². The third kappa shape index (κ3) is 2.75. The van der Waals surface area contributed by atoms with Crippen molar-refractivity contribution in [3.63, 3.8) is 0 Å². The number of hydrogen-bond donors (Lipinski definition) is 4. The van der Waals surface area contributed by atoms with E-state index in [2.05, 4.69) is 6.58 Å². The van der Waals surface area contributed by atoms with Crippen LogP contribution in [0.4, 0.5) is 0 Å². The predicted molar refractivity (Wildman–Crippen MR) is 49.9 cm³/mol. The van der Waals surface area contributed by atoms with Crippen LogP contribution in [0.1, 0.15) is 0 Å². The molecule has 0 radical (unpaired) electrons. The lowest BCUT2D eigenvalue weighted by atomic mass is 9.99. The Morgan fingerprint density at radius 2 is 1.93 bits per heavy atom. The maximum absolute atomic E-state index is 9.63. The Balaban J connectivity index is 2.65. The van der Waals surface area contributed by atoms with Gasteiger partial charge >= 0.3 is 0 Å². The highest BCUT2D eigenvalue weighted by atomic mass is 16.6. The van der Waals surface area contributed by atoms with E-state index in [0.717, 1.165) is 0 Å². The van der Waals surface area contributed by atoms with Gasteiger partial charge in [0.2, 0.25) is 0 Å². The molecule has 0 spiro atoms. The van der Waals surface area contributed by atoms with Gasteiger partial charge in [-0.3, -0.25) is 0 Å². The Hall–Kier alpha value is -0.500. The molecule has 15 heavy (non-hydrogen) atoms. The molecule has 4 N–H and O–H groups in total. The van der Waals surface area contributed by atoms with Crippen LogP contribution in [0.2, 0.25) is 0 Å². The van der Waals surface area contributed by atoms with E-state index in [1.54, 1.807) is 0 Å². The van der Waals surface area contributed by atoms with Crippen molar-refractivity contribution in [2.75, 3.05) is 13.2 Å². The number of aliphatic hydroxyl groups excluding tert-OH is 4. The van der Waals surface area contributed by atoms with Crippen molar-refractivity contribution in [1.29, 1.82) is 0 Å². The number of hydrogen-bond acceptors (Lipinski definition) is 6. The Kier molecular flexibility index (Phi) is 4.65. The Bertz CT molecular complexity index is 209. The van der Waals surface area contributed by atoms with E-state index in [4.69, 9.17) is 14.6 Å². The molecule has 0 aromatic heterocycles. The van der Waals surface area contributed by atoms with E-state index < -0.39 is 37.3 Å². The second-order valence-electron chi connectivity index (χ2n) is 3.32. The Morgan fingerprint density at radius 1 is 1.27 bits per heavy atom. The third-order valence-electron chi connectivity index (χ3n) is 2.25. The number of rotatable bonds is 4. The average Bonchev–Trinajstić information content (AvgIpc) is 2.23. The van der Waals surface area contributed by atoms with Gasteiger partial charge in [-0.25, -0.2) is 0 Å². The molecular formula is C9H16O6. The highest BCUT2D eigenvalue weighted by Gasteiger charge is 2.44. The van der Waals surface area contributed by atoms with Crippen LogP contribution in [0, 0.1) is 0 Å². The zero-order chi connectivity index (χ0) is 11.4. The molecule has 0 amide bonds. The smallest absolute Gasteiger partial charge is 0.184 e. The van der Waals surface area contributed by atoms with Gasteiger partial charge in [-0.2, -0.15) is 0 Å². The molecule has 1 heterocycles. The van der Waals surface area contributed by atoms with Crippen molar-refractivity contribution >= 4 is 0 Å². The van der Waals surface area contributed by atoms with Crippen molar-refractivity contribution in [1.82, 2.24) is 0 Å². The summed E-state index contributed by atoms with van der Waals surface area (Å²) in [5.41, 5.74) is 0. The summed E-state index contributed by atoms with van der Waals surface area (Å²) in [7, 11) is 0. The SMILES string of the molecule is C=CCOC1C(O)[C@H](O)OC(CO)[C@H]1O. The summed E-state index contributed by atoms with van der Waals surface area (Å²) in [6.45, 7) is 3.09. The van der Waals surface area contributed by atoms with Crippen LogP contribution in [0.5, 0.6) is 0 Å². The number of aliphatic hydroxyl groups is 4. The standard InChI is InChI=1S/C9H16O6/c1-2-3-14-8-6(11)5(4-10)15-9(13)7(8)12/h2,5-13H,1,3-4H2/t5?,6-,7?,8?,9-/m1/s1. The van der Waals surface area contributed by atoms with Gasteiger partial charge < -0.3 is 29.9 Å². The van der Waals surface area contributed by atoms with Crippen LogP contribution in [0.25, 0.3) is 0 Å². The van der Waals surface area contributed by atoms with Crippen LogP contribution in [0.15, 0.2) is 12.7 Å². The van der Waals surface area contributed by atoms with E-state index in [1.165, 1.54) is 6.08 Å². The molecule has 1 aliphatic heterocycles. The summed E-state index contributed by atoms with van der Waals surface area (Å²) in [6.07, 6.45) is -4.51. The normalized spacial score (nSPS) is 41.5. The van der Waals surface area contributed by atoms with Crippen LogP contribution in [-0.4, -0.2) is 64.3 Å². The predicted octanol–water partition coefficient (Wildman–Crippen LogP) is -2.01. The topological polar surface area (TPSA) is 99.4 Å². The minimum absolute atomic E-state index is 0.129. The fourth-order valence-corrected chi connectivity index (χ4v) is 1.44. The molecule has 0 aliphatic carbocycles. The molecule has 1 saturated heterocycles. The number of ether oxygens (including phenoxy) is 2. The van der Waals surface area contributed by atoms with E-state index in [0.29, 0.717) is 0 Å². The van der Waals surface area contributed by atoms with Gasteiger partial charge in [0, 0.05) is 0 Å². The lowest BCUT2D eigenvalue weighted by molar-refractivity contribution is -0.292. The summed E-state index contributed by atoms with van der Waals surface area (Å²) in [6, 6.07) is 0. The minimum atomic E-state index is -1.47. The summed E-state index contributed by atoms with van der Waals surface area (Å²) < 4.78 is 9.86. The maximum Gasteiger partial charge on any atom is 0.184 e. The fourth-order valence-electron chi connectivity index (χ4n) is 1.44. The van der Waals surface area contributed by atoms with Gasteiger partial charge in [0.15, 0.2) is 6.29 Å². The molecule has 88 valence electrons. The highest BCUT2D eigenvalue weighted by molar-refractivity contribution is 4.90. The first-order valence-electron chi connectivity index (χ1n) is 4.64. The Morgan fingerprint density at radius 3 is 2.47 bits per heavy atom. The van der Waals surface area contributed by atoms with Crippen LogP contribution < -0.4 is 0 Å². The van der Waals surface area contributed by atoms with Crippen molar-refractivity contribution in [2.45, 2.75) is 30.7 Å². The van der Waals surface area contributed by atoms with E-state index in [1.807, 2.05) is 0 Å². The van der Waals surface area contributed by atoms with Crippen molar-refractivity contribution in [2.24, 2.45) is 0 Å². The highest BCUT2D eigenvalue weighted by Crippen LogP contribution is 2.22. The Labute approximate surface area is 87.4 Å². The van der Waals surface area contributed by atoms with Crippen molar-refractivity contribution in [3.05, 3.63) is 12.7 Å². The quantitative estimate of drug-likeness (QED) is 0.408. The van der Waals surface area contributed by atoms with Gasteiger partial charge in [-0.05, 0) is 0 Å². The molecule has 0 saturated carbocycles. The first kappa shape index (κ1) is 12.6. The van der Waals surface area contributed by atoms with Crippen LogP contribution >= 0.6 is 0 Å². The zero-order valence-electron chi connectivity index (χ0n) is 8.19. The minimum Gasteiger partial charge on any atom is -0.394 e. The molecule has 6 nitrogen and oxygen atoms in total. The molecule has 1 fully saturated rings. The lowest BCUT2D eigenvalue weighted by Crippen LogP contribution is -2.59. The molecular weight excluding hydrogens is 204 g/mol. The summed E-state index contributed by atoms with van der Waals surface area (Å²) in [5.74, 6) is 0. The van der Waals surface area contributed by atoms with Crippen LogP contribution in [-0.2, 0) is 9.47 Å². The lowest BCUT2D eigenvalue weighted by Gasteiger charge is -2.39. The first-order valence-corrected chi connectivity index (χ1v) is 4.64. The monoisotopic (exact) mass is 220 g/mol. The van der Waals surface area contributed by atoms with Gasteiger partial charge in [0.1, 0.15) is 24.4 Å². The third-order valence-corrected chi connectivity index (χ3v) is 2.25. The van der Waals surface area contributed by atoms with Gasteiger partial charge in [0.25, 0.3) is 0 Å². The largest absolute Gasteiger partial charge is 0.394 e. The maximum atomic E-state index is 9.63. The molecule has 1 aliphatic rings. The first-order chi connectivity index (χ1) is 7.11. The van der Waals surface area contributed by atoms with Crippen molar-refractivity contribution < 1.29 is 29.9 Å². The molecule has 0 aromatic rings. The summed E-state index contributed by atoms with van der Waals surface area (Å²) in [5, 5.41) is 37.2. The van der Waals surface area contributed by atoms with E-state index in [-0.39, 0.29) is 6.61 Å². The van der Waals surface area contributed by atoms with Crippen LogP contribution in [0.3, 0.4) is 0 Å². The average molecular weight is 220 g/mol. The zero-order valence-corrected chi connectivity index (χ0v) is 8.19. The molecule has 5 atom stereocenters. The summed E-state index contributed by atoms with van der Waals surface area (Å²) in [4.78, 5) is 0. The van der Waals surface area contributed by atoms with E-state index in [9.17, 15) is 15.3 Å². The molecule has 6 heteroatoms. The molecule has 3 unspecified atom stereocenters. The molecule has 1 rings (SSSR count). The molecule has 0 aromatic carbocycles. The van der Waals surface area contributed by atoms with E-state index >= 15 is 0 Å². The second kappa shape index (κ2) is 5.55. The second-order valence-corrected chi connectivity index (χ2v) is 3.32. The molecule has 0 bridgehead atoms. The van der Waals surface area contributed by atoms with Crippen molar-refractivity contribution in [3.8, 4) is 0 Å². The summed E-state index contributed by atoms with van der Waals surface area (Å²) >= 11 is 0. The fraction of sp³-hybridized carbons (Fsp3) is 0.778. The van der Waals surface area contributed by atoms with Gasteiger partial charge in [-0.1, -0.05) is 6.08 Å².